The summed E-state index contributed by atoms with van der Waals surface area (Å²) in [6.07, 6.45) is 20.3. The van der Waals surface area contributed by atoms with E-state index in [0.717, 1.165) is 25.7 Å². The molecule has 0 aromatic carbocycles. The Labute approximate surface area is 177 Å². The van der Waals surface area contributed by atoms with Crippen LogP contribution in [0.15, 0.2) is 12.2 Å². The first kappa shape index (κ1) is 28.5. The maximum Gasteiger partial charge on any atom is 0.469 e. The van der Waals surface area contributed by atoms with E-state index in [4.69, 9.17) is 9.79 Å². The van der Waals surface area contributed by atoms with E-state index in [1.54, 1.807) is 0 Å². The quantitative estimate of drug-likeness (QED) is 0.119. The number of hydrogen-bond donors (Lipinski definition) is 3. The zero-order valence-electron chi connectivity index (χ0n) is 18.3. The van der Waals surface area contributed by atoms with Gasteiger partial charge in [0.25, 0.3) is 0 Å². The van der Waals surface area contributed by atoms with Crippen LogP contribution in [0.25, 0.3) is 0 Å². The van der Waals surface area contributed by atoms with Crippen LogP contribution < -0.4 is 0 Å². The van der Waals surface area contributed by atoms with E-state index in [2.05, 4.69) is 23.6 Å². The maximum atomic E-state index is 11.8. The Hall–Kier alpha value is -0.520. The first-order chi connectivity index (χ1) is 13.8. The third kappa shape index (κ3) is 23.6. The van der Waals surface area contributed by atoms with Gasteiger partial charge in [-0.3, -0.25) is 9.32 Å². The van der Waals surface area contributed by atoms with E-state index in [1.807, 2.05) is 0 Å². The standard InChI is InChI=1S/C22H43O6P/c1-2-3-4-5-6-7-8-9-10-11-12-13-14-15-16-17-21(23)18-19-22(24)20-28-29(25,26)27/h9-10,22,24H,2-8,11-20H2,1H3,(H2,25,26,27)/b10-9-/t22-/m1/s1. The van der Waals surface area contributed by atoms with Crippen molar-refractivity contribution in [1.29, 1.82) is 0 Å². The third-order valence-electron chi connectivity index (χ3n) is 4.91. The van der Waals surface area contributed by atoms with Crippen molar-refractivity contribution in [2.24, 2.45) is 0 Å². The van der Waals surface area contributed by atoms with Crippen molar-refractivity contribution in [3.8, 4) is 0 Å². The number of allylic oxidation sites excluding steroid dienone is 2. The number of Topliss-reactive ketones (excluding diaryl/α,β-unsaturated/α-hetero) is 1. The molecule has 0 bridgehead atoms. The Morgan fingerprint density at radius 1 is 0.862 bits per heavy atom. The molecule has 3 N–H and O–H groups in total. The van der Waals surface area contributed by atoms with Gasteiger partial charge in [-0.05, 0) is 38.5 Å². The largest absolute Gasteiger partial charge is 0.469 e. The molecule has 1 atom stereocenters. The summed E-state index contributed by atoms with van der Waals surface area (Å²) in [7, 11) is -4.56. The molecule has 0 saturated carbocycles. The number of ketones is 1. The molecule has 6 nitrogen and oxygen atoms in total. The van der Waals surface area contributed by atoms with Crippen LogP contribution in [0, 0.1) is 0 Å². The lowest BCUT2D eigenvalue weighted by molar-refractivity contribution is -0.119. The molecule has 0 aromatic heterocycles. The molecular formula is C22H43O6P. The minimum atomic E-state index is -4.56. The Bertz CT molecular complexity index is 460. The number of aliphatic hydroxyl groups excluding tert-OH is 1. The molecule has 0 saturated heterocycles. The average Bonchev–Trinajstić information content (AvgIpc) is 2.67. The van der Waals surface area contributed by atoms with Crippen LogP contribution in [0.1, 0.15) is 110 Å². The molecule has 0 rings (SSSR count). The highest BCUT2D eigenvalue weighted by Gasteiger charge is 2.17. The summed E-state index contributed by atoms with van der Waals surface area (Å²) in [4.78, 5) is 28.9. The molecule has 29 heavy (non-hydrogen) atoms. The Morgan fingerprint density at radius 3 is 1.93 bits per heavy atom. The molecule has 0 aliphatic heterocycles. The lowest BCUT2D eigenvalue weighted by atomic mass is 10.0. The van der Waals surface area contributed by atoms with Crippen LogP contribution in [-0.4, -0.2) is 33.4 Å². The fourth-order valence-corrected chi connectivity index (χ4v) is 3.48. The molecule has 0 fully saturated rings. The average molecular weight is 435 g/mol. The molecule has 172 valence electrons. The highest BCUT2D eigenvalue weighted by molar-refractivity contribution is 7.46. The van der Waals surface area contributed by atoms with Gasteiger partial charge in [0.15, 0.2) is 0 Å². The lowest BCUT2D eigenvalue weighted by Crippen LogP contribution is -2.16. The van der Waals surface area contributed by atoms with E-state index in [0.29, 0.717) is 6.42 Å². The predicted molar refractivity (Wildman–Crippen MR) is 118 cm³/mol. The minimum absolute atomic E-state index is 0.0813. The number of aliphatic hydroxyl groups is 1. The van der Waals surface area contributed by atoms with Gasteiger partial charge in [0.2, 0.25) is 0 Å². The summed E-state index contributed by atoms with van der Waals surface area (Å²) in [5.74, 6) is 0.0813. The van der Waals surface area contributed by atoms with E-state index < -0.39 is 20.5 Å². The first-order valence-electron chi connectivity index (χ1n) is 11.4. The van der Waals surface area contributed by atoms with Crippen molar-refractivity contribution in [3.05, 3.63) is 12.2 Å². The van der Waals surface area contributed by atoms with Crippen molar-refractivity contribution in [3.63, 3.8) is 0 Å². The lowest BCUT2D eigenvalue weighted by Gasteiger charge is -2.11. The Kier molecular flexibility index (Phi) is 19.1. The van der Waals surface area contributed by atoms with E-state index in [1.165, 1.54) is 57.8 Å². The summed E-state index contributed by atoms with van der Waals surface area (Å²) >= 11 is 0. The van der Waals surface area contributed by atoms with Crippen molar-refractivity contribution >= 4 is 13.6 Å². The van der Waals surface area contributed by atoms with Crippen LogP contribution in [0.2, 0.25) is 0 Å². The SMILES string of the molecule is CCCCCCCC/C=C\CCCCCCCC(=O)CC[C@@H](O)COP(=O)(O)O. The van der Waals surface area contributed by atoms with Crippen LogP contribution in [0.5, 0.6) is 0 Å². The molecule has 0 radical (unpaired) electrons. The normalized spacial score (nSPS) is 13.2. The number of carbonyl (C=O) groups excluding carboxylic acids is 1. The summed E-state index contributed by atoms with van der Waals surface area (Å²) in [6, 6.07) is 0. The maximum absolute atomic E-state index is 11.8. The Morgan fingerprint density at radius 2 is 1.38 bits per heavy atom. The fourth-order valence-electron chi connectivity index (χ4n) is 3.11. The van der Waals surface area contributed by atoms with E-state index >= 15 is 0 Å². The molecule has 7 heteroatoms. The van der Waals surface area contributed by atoms with Gasteiger partial charge < -0.3 is 14.9 Å². The predicted octanol–water partition coefficient (Wildman–Crippen LogP) is 5.84. The van der Waals surface area contributed by atoms with Crippen molar-refractivity contribution in [2.75, 3.05) is 6.61 Å². The van der Waals surface area contributed by atoms with Crippen molar-refractivity contribution in [2.45, 2.75) is 116 Å². The second-order valence-electron chi connectivity index (χ2n) is 7.85. The molecular weight excluding hydrogens is 391 g/mol. The van der Waals surface area contributed by atoms with Gasteiger partial charge >= 0.3 is 7.82 Å². The first-order valence-corrected chi connectivity index (χ1v) is 12.9. The number of unbranched alkanes of at least 4 members (excludes halogenated alkanes) is 11. The highest BCUT2D eigenvalue weighted by Crippen LogP contribution is 2.35. The van der Waals surface area contributed by atoms with Crippen LogP contribution >= 0.6 is 7.82 Å². The number of phosphoric acid groups is 1. The second-order valence-corrected chi connectivity index (χ2v) is 9.09. The van der Waals surface area contributed by atoms with Crippen molar-refractivity contribution in [1.82, 2.24) is 0 Å². The number of phosphoric ester groups is 1. The van der Waals surface area contributed by atoms with Gasteiger partial charge in [0.05, 0.1) is 12.7 Å². The van der Waals surface area contributed by atoms with Gasteiger partial charge in [0, 0.05) is 12.8 Å². The molecule has 0 amide bonds. The highest BCUT2D eigenvalue weighted by atomic mass is 31.2. The Balaban J connectivity index is 3.38. The third-order valence-corrected chi connectivity index (χ3v) is 5.39. The van der Waals surface area contributed by atoms with Crippen LogP contribution in [-0.2, 0) is 13.9 Å². The molecule has 0 heterocycles. The monoisotopic (exact) mass is 434 g/mol. The van der Waals surface area contributed by atoms with Crippen molar-refractivity contribution < 1.29 is 28.8 Å². The van der Waals surface area contributed by atoms with Gasteiger partial charge in [-0.1, -0.05) is 70.4 Å². The van der Waals surface area contributed by atoms with E-state index in [-0.39, 0.29) is 18.6 Å². The molecule has 0 aromatic rings. The van der Waals surface area contributed by atoms with Gasteiger partial charge in [-0.2, -0.15) is 0 Å². The molecule has 0 aliphatic carbocycles. The molecule has 0 spiro atoms. The molecule has 0 aliphatic rings. The number of carbonyl (C=O) groups is 1. The summed E-state index contributed by atoms with van der Waals surface area (Å²) in [5.41, 5.74) is 0. The van der Waals surface area contributed by atoms with E-state index in [9.17, 15) is 14.5 Å². The zero-order valence-corrected chi connectivity index (χ0v) is 19.2. The smallest absolute Gasteiger partial charge is 0.391 e. The molecule has 0 unspecified atom stereocenters. The zero-order chi connectivity index (χ0) is 21.8. The van der Waals surface area contributed by atoms with Gasteiger partial charge in [-0.25, -0.2) is 4.57 Å². The summed E-state index contributed by atoms with van der Waals surface area (Å²) in [6.45, 7) is 1.79. The second kappa shape index (κ2) is 19.4. The van der Waals surface area contributed by atoms with Gasteiger partial charge in [0.1, 0.15) is 5.78 Å². The van der Waals surface area contributed by atoms with Crippen LogP contribution in [0.4, 0.5) is 0 Å². The minimum Gasteiger partial charge on any atom is -0.391 e. The summed E-state index contributed by atoms with van der Waals surface area (Å²) in [5, 5.41) is 9.54. The fraction of sp³-hybridized carbons (Fsp3) is 0.864. The van der Waals surface area contributed by atoms with Gasteiger partial charge in [-0.15, -0.1) is 0 Å². The number of rotatable bonds is 21. The number of hydrogen-bond acceptors (Lipinski definition) is 4. The topological polar surface area (TPSA) is 104 Å². The van der Waals surface area contributed by atoms with Crippen LogP contribution in [0.3, 0.4) is 0 Å². The summed E-state index contributed by atoms with van der Waals surface area (Å²) < 4.78 is 14.7.